The maximum atomic E-state index is 6.36. The van der Waals surface area contributed by atoms with Crippen molar-refractivity contribution >= 4 is 28.8 Å². The fraction of sp³-hybridized carbons (Fsp3) is 0.222. The molecule has 1 unspecified atom stereocenters. The molecule has 4 rings (SSSR count). The van der Waals surface area contributed by atoms with Crippen molar-refractivity contribution in [2.75, 3.05) is 6.61 Å². The molecular formula is C27H24Cl2O. The van der Waals surface area contributed by atoms with Crippen LogP contribution >= 0.6 is 23.2 Å². The van der Waals surface area contributed by atoms with E-state index >= 15 is 0 Å². The predicted molar refractivity (Wildman–Crippen MR) is 126 cm³/mol. The minimum Gasteiger partial charge on any atom is -0.370 e. The second-order valence-corrected chi connectivity index (χ2v) is 8.48. The van der Waals surface area contributed by atoms with E-state index in [0.29, 0.717) is 0 Å². The first-order valence-corrected chi connectivity index (χ1v) is 11.1. The van der Waals surface area contributed by atoms with Crippen molar-refractivity contribution in [3.8, 4) is 0 Å². The average molecular weight is 435 g/mol. The van der Waals surface area contributed by atoms with E-state index in [1.165, 1.54) is 12.0 Å². The zero-order valence-corrected chi connectivity index (χ0v) is 18.3. The van der Waals surface area contributed by atoms with E-state index in [2.05, 4.69) is 42.1 Å². The molecule has 1 nitrogen and oxygen atoms in total. The Morgan fingerprint density at radius 3 is 1.97 bits per heavy atom. The maximum absolute atomic E-state index is 6.36. The number of hydrogen-bond donors (Lipinski definition) is 0. The van der Waals surface area contributed by atoms with Crippen molar-refractivity contribution in [2.24, 2.45) is 0 Å². The van der Waals surface area contributed by atoms with Gasteiger partial charge in [-0.05, 0) is 66.3 Å². The molecule has 0 amide bonds. The van der Waals surface area contributed by atoms with Crippen molar-refractivity contribution in [3.05, 3.63) is 117 Å². The summed E-state index contributed by atoms with van der Waals surface area (Å²) in [5.74, 6) is 0. The molecule has 0 spiro atoms. The monoisotopic (exact) mass is 434 g/mol. The van der Waals surface area contributed by atoms with Crippen LogP contribution in [0.1, 0.15) is 42.4 Å². The van der Waals surface area contributed by atoms with E-state index in [0.717, 1.165) is 52.6 Å². The Morgan fingerprint density at radius 1 is 0.833 bits per heavy atom. The lowest BCUT2D eigenvalue weighted by atomic mass is 9.83. The Morgan fingerprint density at radius 2 is 1.43 bits per heavy atom. The van der Waals surface area contributed by atoms with Gasteiger partial charge in [0.05, 0.1) is 5.60 Å². The fourth-order valence-corrected chi connectivity index (χ4v) is 4.24. The summed E-state index contributed by atoms with van der Waals surface area (Å²) in [4.78, 5) is 0. The van der Waals surface area contributed by atoms with Crippen molar-refractivity contribution in [1.82, 2.24) is 0 Å². The molecule has 3 aromatic rings. The summed E-state index contributed by atoms with van der Waals surface area (Å²) in [6, 6.07) is 26.3. The van der Waals surface area contributed by atoms with Crippen LogP contribution in [0.3, 0.4) is 0 Å². The smallest absolute Gasteiger partial charge is 0.0971 e. The number of rotatable bonds is 5. The molecule has 30 heavy (non-hydrogen) atoms. The molecule has 1 atom stereocenters. The summed E-state index contributed by atoms with van der Waals surface area (Å²) in [7, 11) is 0. The Hall–Kier alpha value is -2.28. The van der Waals surface area contributed by atoms with E-state index in [-0.39, 0.29) is 5.60 Å². The van der Waals surface area contributed by atoms with Crippen molar-refractivity contribution in [3.63, 3.8) is 0 Å². The molecule has 3 heteroatoms. The number of hydrogen-bond acceptors (Lipinski definition) is 1. The maximum Gasteiger partial charge on any atom is 0.0971 e. The molecular weight excluding hydrogens is 411 g/mol. The second kappa shape index (κ2) is 9.69. The first-order chi connectivity index (χ1) is 14.7. The molecule has 0 radical (unpaired) electrons. The Labute approximate surface area is 188 Å². The molecule has 1 saturated heterocycles. The predicted octanol–water partition coefficient (Wildman–Crippen LogP) is 8.07. The van der Waals surface area contributed by atoms with Gasteiger partial charge in [-0.2, -0.15) is 0 Å². The molecule has 0 aromatic heterocycles. The fourth-order valence-electron chi connectivity index (χ4n) is 3.99. The van der Waals surface area contributed by atoms with Crippen LogP contribution in [-0.4, -0.2) is 6.61 Å². The van der Waals surface area contributed by atoms with E-state index in [9.17, 15) is 0 Å². The van der Waals surface area contributed by atoms with Gasteiger partial charge in [-0.15, -0.1) is 5.73 Å². The van der Waals surface area contributed by atoms with E-state index < -0.39 is 0 Å². The summed E-state index contributed by atoms with van der Waals surface area (Å²) in [5, 5.41) is 1.44. The summed E-state index contributed by atoms with van der Waals surface area (Å²) in [6.45, 7) is 0.799. The van der Waals surface area contributed by atoms with Gasteiger partial charge in [0.15, 0.2) is 0 Å². The molecule has 1 heterocycles. The average Bonchev–Trinajstić information content (AvgIpc) is 2.80. The lowest BCUT2D eigenvalue weighted by Crippen LogP contribution is -2.33. The van der Waals surface area contributed by atoms with Crippen LogP contribution < -0.4 is 0 Å². The summed E-state index contributed by atoms with van der Waals surface area (Å²) in [5.41, 5.74) is 7.66. The van der Waals surface area contributed by atoms with Gasteiger partial charge in [-0.3, -0.25) is 0 Å². The lowest BCUT2D eigenvalue weighted by Gasteiger charge is -2.37. The molecule has 0 saturated carbocycles. The molecule has 0 N–H and O–H groups in total. The van der Waals surface area contributed by atoms with Crippen molar-refractivity contribution in [1.29, 1.82) is 0 Å². The highest BCUT2D eigenvalue weighted by atomic mass is 35.5. The van der Waals surface area contributed by atoms with Gasteiger partial charge in [-0.25, -0.2) is 0 Å². The van der Waals surface area contributed by atoms with Crippen LogP contribution in [0.5, 0.6) is 0 Å². The third-order valence-electron chi connectivity index (χ3n) is 5.60. The summed E-state index contributed by atoms with van der Waals surface area (Å²) < 4.78 is 6.36. The van der Waals surface area contributed by atoms with Gasteiger partial charge in [0.25, 0.3) is 0 Å². The minimum absolute atomic E-state index is 0.280. The van der Waals surface area contributed by atoms with Crippen LogP contribution in [0, 0.1) is 0 Å². The lowest BCUT2D eigenvalue weighted by molar-refractivity contribution is -0.0818. The van der Waals surface area contributed by atoms with E-state index in [1.54, 1.807) is 0 Å². The zero-order chi connectivity index (χ0) is 20.8. The Bertz CT molecular complexity index is 977. The second-order valence-electron chi connectivity index (χ2n) is 7.61. The van der Waals surface area contributed by atoms with E-state index in [1.807, 2.05) is 48.5 Å². The third kappa shape index (κ3) is 4.89. The Kier molecular flexibility index (Phi) is 6.77. The SMILES string of the molecule is Clc1ccc(C(=C=CCC2(c3ccccc3)CCCCO2)c2ccc(Cl)cc2)cc1. The molecule has 1 aliphatic rings. The minimum atomic E-state index is -0.280. The highest BCUT2D eigenvalue weighted by molar-refractivity contribution is 6.31. The van der Waals surface area contributed by atoms with Gasteiger partial charge in [0.2, 0.25) is 0 Å². The normalized spacial score (nSPS) is 18.5. The molecule has 0 bridgehead atoms. The molecule has 0 aliphatic carbocycles. The molecule has 1 aliphatic heterocycles. The van der Waals surface area contributed by atoms with Crippen molar-refractivity contribution in [2.45, 2.75) is 31.3 Å². The number of ether oxygens (including phenoxy) is 1. The first kappa shape index (κ1) is 21.0. The van der Waals surface area contributed by atoms with Crippen LogP contribution in [0.2, 0.25) is 10.0 Å². The highest BCUT2D eigenvalue weighted by Crippen LogP contribution is 2.38. The van der Waals surface area contributed by atoms with Gasteiger partial charge >= 0.3 is 0 Å². The molecule has 1 fully saturated rings. The standard InChI is InChI=1S/C27H24Cl2O/c28-24-14-10-21(11-15-24)26(22-12-16-25(29)17-13-22)9-6-19-27(18-4-5-20-30-27)23-7-2-1-3-8-23/h1-3,6-8,10-17H,4-5,18-20H2. The number of halogens is 2. The molecule has 3 aromatic carbocycles. The highest BCUT2D eigenvalue weighted by Gasteiger charge is 2.33. The van der Waals surface area contributed by atoms with Gasteiger partial charge in [-0.1, -0.05) is 77.8 Å². The van der Waals surface area contributed by atoms with Crippen LogP contribution in [-0.2, 0) is 10.3 Å². The third-order valence-corrected chi connectivity index (χ3v) is 6.10. The van der Waals surface area contributed by atoms with Gasteiger partial charge in [0, 0.05) is 28.6 Å². The Balaban J connectivity index is 1.73. The first-order valence-electron chi connectivity index (χ1n) is 10.3. The summed E-state index contributed by atoms with van der Waals surface area (Å²) in [6.07, 6.45) is 6.22. The van der Waals surface area contributed by atoms with E-state index in [4.69, 9.17) is 27.9 Å². The van der Waals surface area contributed by atoms with Gasteiger partial charge < -0.3 is 4.74 Å². The van der Waals surface area contributed by atoms with Crippen molar-refractivity contribution < 1.29 is 4.74 Å². The van der Waals surface area contributed by atoms with Crippen LogP contribution in [0.4, 0.5) is 0 Å². The van der Waals surface area contributed by atoms with Crippen LogP contribution in [0.25, 0.3) is 5.57 Å². The summed E-state index contributed by atoms with van der Waals surface area (Å²) >= 11 is 12.2. The molecule has 152 valence electrons. The quantitative estimate of drug-likeness (QED) is 0.368. The topological polar surface area (TPSA) is 9.23 Å². The van der Waals surface area contributed by atoms with Gasteiger partial charge in [0.1, 0.15) is 0 Å². The number of benzene rings is 3. The van der Waals surface area contributed by atoms with Crippen LogP contribution in [0.15, 0.2) is 90.7 Å². The zero-order valence-electron chi connectivity index (χ0n) is 16.8. The largest absolute Gasteiger partial charge is 0.370 e.